The van der Waals surface area contributed by atoms with Crippen molar-refractivity contribution in [2.24, 2.45) is 0 Å². The standard InChI is InChI=1S/C6H10Cl/c1-2-3-4-5-6-7/h5-6H,1-4H2/b6-5+. The third-order valence-corrected chi connectivity index (χ3v) is 0.888. The normalized spacial score (nSPS) is 10.6. The lowest BCUT2D eigenvalue weighted by atomic mass is 10.3. The average molecular weight is 118 g/mol. The summed E-state index contributed by atoms with van der Waals surface area (Å²) in [5, 5.41) is 0. The quantitative estimate of drug-likeness (QED) is 0.499. The maximum absolute atomic E-state index is 5.24. The Balaban J connectivity index is 2.69. The predicted octanol–water partition coefficient (Wildman–Crippen LogP) is 2.74. The molecule has 0 heterocycles. The first-order valence-electron chi connectivity index (χ1n) is 2.46. The Morgan fingerprint density at radius 3 is 2.71 bits per heavy atom. The highest BCUT2D eigenvalue weighted by molar-refractivity contribution is 6.25. The van der Waals surface area contributed by atoms with E-state index in [0.717, 1.165) is 19.3 Å². The Hall–Kier alpha value is 0.0300. The van der Waals surface area contributed by atoms with Crippen LogP contribution >= 0.6 is 11.6 Å². The molecule has 7 heavy (non-hydrogen) atoms. The van der Waals surface area contributed by atoms with Crippen molar-refractivity contribution in [1.29, 1.82) is 0 Å². The first kappa shape index (κ1) is 7.03. The zero-order valence-electron chi connectivity index (χ0n) is 4.36. The minimum absolute atomic E-state index is 1.00. The van der Waals surface area contributed by atoms with Gasteiger partial charge in [-0.1, -0.05) is 31.0 Å². The second-order valence-electron chi connectivity index (χ2n) is 1.36. The zero-order valence-corrected chi connectivity index (χ0v) is 5.12. The molecule has 0 unspecified atom stereocenters. The number of unbranched alkanes of at least 4 members (excludes halogenated alkanes) is 2. The molecule has 0 rings (SSSR count). The highest BCUT2D eigenvalue weighted by Crippen LogP contribution is 1.94. The van der Waals surface area contributed by atoms with Crippen molar-refractivity contribution in [2.75, 3.05) is 0 Å². The Morgan fingerprint density at radius 2 is 2.29 bits per heavy atom. The molecule has 0 aliphatic heterocycles. The smallest absolute Gasteiger partial charge is 0.000245 e. The Kier molecular flexibility index (Phi) is 6.06. The molecule has 41 valence electrons. The first-order valence-corrected chi connectivity index (χ1v) is 2.90. The average Bonchev–Trinajstić information content (AvgIpc) is 1.69. The van der Waals surface area contributed by atoms with Gasteiger partial charge in [-0.25, -0.2) is 0 Å². The van der Waals surface area contributed by atoms with Crippen LogP contribution in [0.4, 0.5) is 0 Å². The van der Waals surface area contributed by atoms with Crippen LogP contribution in [0.25, 0.3) is 0 Å². The number of allylic oxidation sites excluding steroid dienone is 1. The lowest BCUT2D eigenvalue weighted by Crippen LogP contribution is -1.63. The van der Waals surface area contributed by atoms with Gasteiger partial charge in [0.1, 0.15) is 0 Å². The van der Waals surface area contributed by atoms with Gasteiger partial charge in [-0.15, -0.1) is 0 Å². The van der Waals surface area contributed by atoms with Crippen LogP contribution in [0.5, 0.6) is 0 Å². The topological polar surface area (TPSA) is 0 Å². The maximum Gasteiger partial charge on any atom is 0.000245 e. The monoisotopic (exact) mass is 117 g/mol. The van der Waals surface area contributed by atoms with E-state index in [1.165, 1.54) is 0 Å². The molecule has 0 aromatic heterocycles. The van der Waals surface area contributed by atoms with Crippen molar-refractivity contribution in [3.8, 4) is 0 Å². The molecular formula is C6H10Cl. The van der Waals surface area contributed by atoms with Gasteiger partial charge in [-0.05, 0) is 12.8 Å². The lowest BCUT2D eigenvalue weighted by Gasteiger charge is -1.83. The molecule has 0 aliphatic rings. The summed E-state index contributed by atoms with van der Waals surface area (Å²) in [4.78, 5) is 0. The van der Waals surface area contributed by atoms with Crippen LogP contribution in [-0.4, -0.2) is 0 Å². The summed E-state index contributed by atoms with van der Waals surface area (Å²) in [5.41, 5.74) is 1.55. The summed E-state index contributed by atoms with van der Waals surface area (Å²) < 4.78 is 0. The predicted molar refractivity (Wildman–Crippen MR) is 34.2 cm³/mol. The molecule has 0 aromatic carbocycles. The van der Waals surface area contributed by atoms with Gasteiger partial charge < -0.3 is 0 Å². The van der Waals surface area contributed by atoms with Gasteiger partial charge in [0, 0.05) is 5.54 Å². The molecule has 0 saturated carbocycles. The van der Waals surface area contributed by atoms with Gasteiger partial charge in [0.05, 0.1) is 0 Å². The van der Waals surface area contributed by atoms with Crippen molar-refractivity contribution < 1.29 is 0 Å². The van der Waals surface area contributed by atoms with Crippen LogP contribution in [0.1, 0.15) is 19.3 Å². The van der Waals surface area contributed by atoms with Gasteiger partial charge in [-0.3, -0.25) is 0 Å². The molecule has 0 amide bonds. The Bertz CT molecular complexity index is 48.1. The van der Waals surface area contributed by atoms with E-state index in [-0.39, 0.29) is 0 Å². The lowest BCUT2D eigenvalue weighted by molar-refractivity contribution is 0.867. The van der Waals surface area contributed by atoms with Crippen LogP contribution in [0.3, 0.4) is 0 Å². The summed E-state index contributed by atoms with van der Waals surface area (Å²) >= 11 is 5.24. The minimum Gasteiger partial charge on any atom is -0.0933 e. The molecule has 0 spiro atoms. The van der Waals surface area contributed by atoms with E-state index in [4.69, 9.17) is 11.6 Å². The molecule has 0 saturated heterocycles. The van der Waals surface area contributed by atoms with Crippen LogP contribution in [0, 0.1) is 6.92 Å². The maximum atomic E-state index is 5.24. The Morgan fingerprint density at radius 1 is 1.57 bits per heavy atom. The fourth-order valence-electron chi connectivity index (χ4n) is 0.325. The van der Waals surface area contributed by atoms with Gasteiger partial charge in [0.15, 0.2) is 0 Å². The van der Waals surface area contributed by atoms with E-state index in [9.17, 15) is 0 Å². The van der Waals surface area contributed by atoms with E-state index in [1.807, 2.05) is 6.08 Å². The molecule has 0 aliphatic carbocycles. The fourth-order valence-corrected chi connectivity index (χ4v) is 0.451. The summed E-state index contributed by atoms with van der Waals surface area (Å²) in [5.74, 6) is 0. The van der Waals surface area contributed by atoms with Crippen molar-refractivity contribution in [1.82, 2.24) is 0 Å². The minimum atomic E-state index is 1.00. The largest absolute Gasteiger partial charge is 0.0933 e. The summed E-state index contributed by atoms with van der Waals surface area (Å²) in [6, 6.07) is 0. The highest BCUT2D eigenvalue weighted by atomic mass is 35.5. The highest BCUT2D eigenvalue weighted by Gasteiger charge is 1.73. The van der Waals surface area contributed by atoms with Gasteiger partial charge in [0.25, 0.3) is 0 Å². The fraction of sp³-hybridized carbons (Fsp3) is 0.500. The van der Waals surface area contributed by atoms with Gasteiger partial charge >= 0.3 is 0 Å². The molecule has 1 radical (unpaired) electrons. The van der Waals surface area contributed by atoms with Crippen molar-refractivity contribution in [3.05, 3.63) is 18.5 Å². The van der Waals surface area contributed by atoms with Gasteiger partial charge in [-0.2, -0.15) is 0 Å². The van der Waals surface area contributed by atoms with Gasteiger partial charge in [0.2, 0.25) is 0 Å². The second-order valence-corrected chi connectivity index (χ2v) is 1.61. The number of hydrogen-bond donors (Lipinski definition) is 0. The summed E-state index contributed by atoms with van der Waals surface area (Å²) in [6.07, 6.45) is 5.14. The molecule has 0 N–H and O–H groups in total. The first-order chi connectivity index (χ1) is 3.41. The van der Waals surface area contributed by atoms with Crippen molar-refractivity contribution in [2.45, 2.75) is 19.3 Å². The number of rotatable bonds is 3. The van der Waals surface area contributed by atoms with E-state index < -0.39 is 0 Å². The third kappa shape index (κ3) is 6.03. The molecule has 1 heteroatoms. The van der Waals surface area contributed by atoms with Crippen LogP contribution in [0.2, 0.25) is 0 Å². The van der Waals surface area contributed by atoms with Crippen LogP contribution in [-0.2, 0) is 0 Å². The third-order valence-electron chi connectivity index (χ3n) is 0.710. The Labute approximate surface area is 50.2 Å². The zero-order chi connectivity index (χ0) is 5.54. The SMILES string of the molecule is [CH2]CCC/C=C/Cl. The van der Waals surface area contributed by atoms with Crippen LogP contribution in [0.15, 0.2) is 11.6 Å². The van der Waals surface area contributed by atoms with Crippen LogP contribution < -0.4 is 0 Å². The van der Waals surface area contributed by atoms with Crippen molar-refractivity contribution in [3.63, 3.8) is 0 Å². The molecule has 0 aromatic rings. The number of halogens is 1. The molecule has 0 nitrogen and oxygen atoms in total. The van der Waals surface area contributed by atoms with Crippen molar-refractivity contribution >= 4 is 11.6 Å². The summed E-state index contributed by atoms with van der Waals surface area (Å²) in [7, 11) is 0. The summed E-state index contributed by atoms with van der Waals surface area (Å²) in [6.45, 7) is 3.68. The molecule has 0 bridgehead atoms. The van der Waals surface area contributed by atoms with E-state index in [2.05, 4.69) is 6.92 Å². The van der Waals surface area contributed by atoms with E-state index in [0.29, 0.717) is 0 Å². The van der Waals surface area contributed by atoms with E-state index in [1.54, 1.807) is 5.54 Å². The number of hydrogen-bond acceptors (Lipinski definition) is 0. The molecule has 0 fully saturated rings. The molecular weight excluding hydrogens is 108 g/mol. The second kappa shape index (κ2) is 6.03. The molecule has 0 atom stereocenters. The van der Waals surface area contributed by atoms with E-state index >= 15 is 0 Å².